The maximum absolute atomic E-state index is 6.14. The fraction of sp³-hybridized carbons (Fsp3) is 0.667. The van der Waals surface area contributed by atoms with Crippen molar-refractivity contribution in [3.63, 3.8) is 0 Å². The highest BCUT2D eigenvalue weighted by Crippen LogP contribution is 2.40. The average Bonchev–Trinajstić information content (AvgIpc) is 2.27. The predicted molar refractivity (Wildman–Crippen MR) is 73.3 cm³/mol. The molecule has 1 aliphatic carbocycles. The summed E-state index contributed by atoms with van der Waals surface area (Å²) >= 11 is 0. The molecule has 3 heteroatoms. The highest BCUT2D eigenvalue weighted by atomic mass is 16.5. The van der Waals surface area contributed by atoms with E-state index in [1.165, 1.54) is 6.42 Å². The Labute approximate surface area is 110 Å². The van der Waals surface area contributed by atoms with Gasteiger partial charge >= 0.3 is 0 Å². The second kappa shape index (κ2) is 5.27. The number of nitrogens with two attached hydrogens (primary N) is 1. The molecule has 0 aliphatic heterocycles. The summed E-state index contributed by atoms with van der Waals surface area (Å²) in [6, 6.07) is 1.94. The number of aromatic nitrogens is 1. The molecule has 100 valence electrons. The number of ether oxygens (including phenoxy) is 1. The van der Waals surface area contributed by atoms with Gasteiger partial charge in [0.1, 0.15) is 5.75 Å². The molecule has 18 heavy (non-hydrogen) atoms. The summed E-state index contributed by atoms with van der Waals surface area (Å²) in [5.74, 6) is 1.58. The van der Waals surface area contributed by atoms with E-state index < -0.39 is 0 Å². The van der Waals surface area contributed by atoms with Gasteiger partial charge in [0.15, 0.2) is 0 Å². The van der Waals surface area contributed by atoms with Gasteiger partial charge in [0.25, 0.3) is 0 Å². The van der Waals surface area contributed by atoms with Gasteiger partial charge in [0.05, 0.1) is 12.3 Å². The molecule has 0 spiro atoms. The lowest BCUT2D eigenvalue weighted by atomic mass is 9.71. The normalized spacial score (nSPS) is 26.9. The molecular formula is C15H24N2O. The van der Waals surface area contributed by atoms with Gasteiger partial charge in [-0.25, -0.2) is 0 Å². The third kappa shape index (κ3) is 3.22. The van der Waals surface area contributed by atoms with Crippen molar-refractivity contribution in [1.82, 2.24) is 4.98 Å². The number of hydrogen-bond acceptors (Lipinski definition) is 3. The van der Waals surface area contributed by atoms with E-state index in [0.717, 1.165) is 30.1 Å². The van der Waals surface area contributed by atoms with Crippen molar-refractivity contribution in [2.24, 2.45) is 17.1 Å². The number of pyridine rings is 1. The Kier molecular flexibility index (Phi) is 3.91. The van der Waals surface area contributed by atoms with Crippen LogP contribution in [0.4, 0.5) is 0 Å². The van der Waals surface area contributed by atoms with Crippen LogP contribution < -0.4 is 10.5 Å². The molecule has 1 fully saturated rings. The number of hydrogen-bond donors (Lipinski definition) is 1. The van der Waals surface area contributed by atoms with Crippen LogP contribution in [0.3, 0.4) is 0 Å². The van der Waals surface area contributed by atoms with Crippen molar-refractivity contribution < 1.29 is 4.74 Å². The molecular weight excluding hydrogens is 224 g/mol. The molecule has 2 unspecified atom stereocenters. The van der Waals surface area contributed by atoms with Crippen LogP contribution in [0.15, 0.2) is 18.5 Å². The smallest absolute Gasteiger partial charge is 0.142 e. The quantitative estimate of drug-likeness (QED) is 0.894. The Morgan fingerprint density at radius 3 is 2.89 bits per heavy atom. The van der Waals surface area contributed by atoms with E-state index >= 15 is 0 Å². The van der Waals surface area contributed by atoms with E-state index in [9.17, 15) is 0 Å². The fourth-order valence-corrected chi connectivity index (χ4v) is 3.21. The van der Waals surface area contributed by atoms with Crippen LogP contribution in [0.25, 0.3) is 0 Å². The van der Waals surface area contributed by atoms with Gasteiger partial charge < -0.3 is 10.5 Å². The van der Waals surface area contributed by atoms with Gasteiger partial charge in [0.2, 0.25) is 0 Å². The van der Waals surface area contributed by atoms with E-state index in [4.69, 9.17) is 10.5 Å². The summed E-state index contributed by atoms with van der Waals surface area (Å²) in [5, 5.41) is 0. The molecule has 1 aromatic rings. The standard InChI is InChI=1S/C15H24N2O/c1-11-6-13(8-15(2,3)7-11)18-14-10-17-5-4-12(14)9-16/h4-5,10-11,13H,6-9,16H2,1-3H3. The van der Waals surface area contributed by atoms with Crippen LogP contribution in [0, 0.1) is 11.3 Å². The van der Waals surface area contributed by atoms with Crippen LogP contribution in [0.1, 0.15) is 45.6 Å². The molecule has 0 aromatic carbocycles. The van der Waals surface area contributed by atoms with E-state index in [0.29, 0.717) is 18.1 Å². The van der Waals surface area contributed by atoms with E-state index in [2.05, 4.69) is 25.8 Å². The summed E-state index contributed by atoms with van der Waals surface area (Å²) in [5.41, 5.74) is 7.14. The lowest BCUT2D eigenvalue weighted by molar-refractivity contribution is 0.0554. The SMILES string of the molecule is CC1CC(Oc2cnccc2CN)CC(C)(C)C1. The Hall–Kier alpha value is -1.09. The molecule has 2 atom stereocenters. The van der Waals surface area contributed by atoms with Crippen molar-refractivity contribution in [2.75, 3.05) is 0 Å². The minimum Gasteiger partial charge on any atom is -0.488 e. The zero-order valence-electron chi connectivity index (χ0n) is 11.6. The maximum atomic E-state index is 6.14. The number of nitrogens with zero attached hydrogens (tertiary/aromatic N) is 1. The van der Waals surface area contributed by atoms with Crippen LogP contribution >= 0.6 is 0 Å². The van der Waals surface area contributed by atoms with E-state index in [1.54, 1.807) is 12.4 Å². The van der Waals surface area contributed by atoms with Crippen LogP contribution in [-0.4, -0.2) is 11.1 Å². The molecule has 0 amide bonds. The Morgan fingerprint density at radius 2 is 2.22 bits per heavy atom. The minimum atomic E-state index is 0.290. The first-order valence-electron chi connectivity index (χ1n) is 6.80. The molecule has 1 aromatic heterocycles. The highest BCUT2D eigenvalue weighted by molar-refractivity contribution is 5.29. The van der Waals surface area contributed by atoms with Crippen molar-refractivity contribution in [1.29, 1.82) is 0 Å². The van der Waals surface area contributed by atoms with Crippen molar-refractivity contribution in [3.8, 4) is 5.75 Å². The molecule has 1 aliphatic rings. The maximum Gasteiger partial charge on any atom is 0.142 e. The lowest BCUT2D eigenvalue weighted by Crippen LogP contribution is -2.34. The first kappa shape index (κ1) is 13.3. The molecule has 0 radical (unpaired) electrons. The molecule has 0 bridgehead atoms. The van der Waals surface area contributed by atoms with E-state index in [1.807, 2.05) is 6.07 Å². The molecule has 1 heterocycles. The van der Waals surface area contributed by atoms with Gasteiger partial charge in [-0.1, -0.05) is 20.8 Å². The second-order valence-corrected chi connectivity index (χ2v) is 6.34. The largest absolute Gasteiger partial charge is 0.488 e. The van der Waals surface area contributed by atoms with Crippen molar-refractivity contribution in [2.45, 2.75) is 52.7 Å². The third-order valence-electron chi connectivity index (χ3n) is 3.73. The first-order chi connectivity index (χ1) is 8.50. The monoisotopic (exact) mass is 248 g/mol. The fourth-order valence-electron chi connectivity index (χ4n) is 3.21. The summed E-state index contributed by atoms with van der Waals surface area (Å²) in [4.78, 5) is 4.13. The predicted octanol–water partition coefficient (Wildman–Crippen LogP) is 3.13. The summed E-state index contributed by atoms with van der Waals surface area (Å²) < 4.78 is 6.14. The van der Waals surface area contributed by atoms with Crippen LogP contribution in [0.5, 0.6) is 5.75 Å². The number of rotatable bonds is 3. The zero-order valence-corrected chi connectivity index (χ0v) is 11.6. The summed E-state index contributed by atoms with van der Waals surface area (Å²) in [6.07, 6.45) is 7.36. The lowest BCUT2D eigenvalue weighted by Gasteiger charge is -2.39. The summed E-state index contributed by atoms with van der Waals surface area (Å²) in [7, 11) is 0. The first-order valence-corrected chi connectivity index (χ1v) is 6.80. The zero-order chi connectivity index (χ0) is 13.2. The molecule has 2 rings (SSSR count). The Morgan fingerprint density at radius 1 is 1.44 bits per heavy atom. The second-order valence-electron chi connectivity index (χ2n) is 6.34. The average molecular weight is 248 g/mol. The topological polar surface area (TPSA) is 48.1 Å². The van der Waals surface area contributed by atoms with Crippen molar-refractivity contribution >= 4 is 0 Å². The highest BCUT2D eigenvalue weighted by Gasteiger charge is 2.33. The summed E-state index contributed by atoms with van der Waals surface area (Å²) in [6.45, 7) is 7.46. The Balaban J connectivity index is 2.09. The molecule has 1 saturated carbocycles. The van der Waals surface area contributed by atoms with Gasteiger partial charge in [-0.05, 0) is 36.7 Å². The van der Waals surface area contributed by atoms with Crippen molar-refractivity contribution in [3.05, 3.63) is 24.0 Å². The Bertz CT molecular complexity index is 403. The van der Waals surface area contributed by atoms with Gasteiger partial charge in [0, 0.05) is 18.3 Å². The minimum absolute atomic E-state index is 0.290. The molecule has 3 nitrogen and oxygen atoms in total. The molecule has 2 N–H and O–H groups in total. The van der Waals surface area contributed by atoms with E-state index in [-0.39, 0.29) is 0 Å². The van der Waals surface area contributed by atoms with Gasteiger partial charge in [-0.3, -0.25) is 4.98 Å². The molecule has 0 saturated heterocycles. The van der Waals surface area contributed by atoms with Crippen LogP contribution in [0.2, 0.25) is 0 Å². The third-order valence-corrected chi connectivity index (χ3v) is 3.73. The van der Waals surface area contributed by atoms with Gasteiger partial charge in [-0.2, -0.15) is 0 Å². The van der Waals surface area contributed by atoms with Gasteiger partial charge in [-0.15, -0.1) is 0 Å². The van der Waals surface area contributed by atoms with Crippen LogP contribution in [-0.2, 0) is 6.54 Å².